The van der Waals surface area contributed by atoms with Crippen molar-refractivity contribution >= 4 is 58.0 Å². The highest BCUT2D eigenvalue weighted by atomic mass is 32.2. The molecule has 8 heteroatoms. The molecule has 0 bridgehead atoms. The largest absolute Gasteiger partial charge is 0.507 e. The van der Waals surface area contributed by atoms with Crippen LogP contribution in [0.25, 0.3) is 33.4 Å². The van der Waals surface area contributed by atoms with Gasteiger partial charge in [0.05, 0.1) is 0 Å². The highest BCUT2D eigenvalue weighted by Crippen LogP contribution is 2.45. The van der Waals surface area contributed by atoms with Gasteiger partial charge < -0.3 is 9.52 Å². The van der Waals surface area contributed by atoms with Gasteiger partial charge in [0.25, 0.3) is 0 Å². The third-order valence-electron chi connectivity index (χ3n) is 8.28. The Labute approximate surface area is 287 Å². The maximum atomic E-state index is 12.9. The molecule has 244 valence electrons. The van der Waals surface area contributed by atoms with Gasteiger partial charge in [-0.15, -0.1) is 0 Å². The first-order valence-electron chi connectivity index (χ1n) is 16.0. The number of hydrogen-bond acceptors (Lipinski definition) is 8. The van der Waals surface area contributed by atoms with Crippen LogP contribution in [0.5, 0.6) is 5.75 Å². The average molecular weight is 684 g/mol. The predicted octanol–water partition coefficient (Wildman–Crippen LogP) is 9.59. The maximum Gasteiger partial charge on any atom is 0.188 e. The van der Waals surface area contributed by atoms with Gasteiger partial charge in [-0.3, -0.25) is 9.69 Å². The van der Waals surface area contributed by atoms with Crippen LogP contribution < -0.4 is 5.43 Å². The highest BCUT2D eigenvalue weighted by Gasteiger charge is 2.24. The van der Waals surface area contributed by atoms with Gasteiger partial charge in [0, 0.05) is 81.8 Å². The molecule has 0 aromatic heterocycles. The number of phenolic OH excluding ortho intramolecular Hbond substituents is 1. The molecular formula is C37H49NO3S4. The lowest BCUT2D eigenvalue weighted by Gasteiger charge is -2.24. The van der Waals surface area contributed by atoms with Crippen LogP contribution in [0.3, 0.4) is 0 Å². The summed E-state index contributed by atoms with van der Waals surface area (Å²) in [6, 6.07) is 10.9. The van der Waals surface area contributed by atoms with Crippen molar-refractivity contribution in [1.82, 2.24) is 4.90 Å². The van der Waals surface area contributed by atoms with Gasteiger partial charge >= 0.3 is 0 Å². The van der Waals surface area contributed by atoms with E-state index >= 15 is 0 Å². The Hall–Kier alpha value is -1.71. The van der Waals surface area contributed by atoms with E-state index in [2.05, 4.69) is 67.4 Å². The second-order valence-electron chi connectivity index (χ2n) is 11.6. The van der Waals surface area contributed by atoms with E-state index in [-0.39, 0.29) is 11.2 Å². The third-order valence-corrected chi connectivity index (χ3v) is 12.5. The van der Waals surface area contributed by atoms with Gasteiger partial charge in [-0.05, 0) is 86.1 Å². The Balaban J connectivity index is 1.66. The van der Waals surface area contributed by atoms with E-state index in [4.69, 9.17) is 4.42 Å². The van der Waals surface area contributed by atoms with Crippen molar-refractivity contribution in [3.8, 4) is 28.2 Å². The van der Waals surface area contributed by atoms with Gasteiger partial charge in [0.1, 0.15) is 17.1 Å². The Kier molecular flexibility index (Phi) is 14.0. The van der Waals surface area contributed by atoms with Crippen molar-refractivity contribution in [2.24, 2.45) is 0 Å². The van der Waals surface area contributed by atoms with E-state index in [9.17, 15) is 9.90 Å². The summed E-state index contributed by atoms with van der Waals surface area (Å²) >= 11 is 8.20. The Morgan fingerprint density at radius 2 is 1.33 bits per heavy atom. The summed E-state index contributed by atoms with van der Waals surface area (Å²) in [5.41, 5.74) is 9.11. The van der Waals surface area contributed by atoms with Gasteiger partial charge in [-0.2, -0.15) is 47.0 Å². The monoisotopic (exact) mass is 683 g/mol. The first-order chi connectivity index (χ1) is 21.7. The molecule has 0 atom stereocenters. The Bertz CT molecular complexity index is 1600. The molecule has 1 aliphatic carbocycles. The number of aryl methyl sites for hydroxylation is 4. The van der Waals surface area contributed by atoms with Crippen LogP contribution in [0.15, 0.2) is 39.5 Å². The van der Waals surface area contributed by atoms with Gasteiger partial charge in [0.15, 0.2) is 5.43 Å². The molecule has 4 nitrogen and oxygen atoms in total. The van der Waals surface area contributed by atoms with Crippen LogP contribution in [0.2, 0.25) is 0 Å². The number of aromatic hydroxyl groups is 1. The highest BCUT2D eigenvalue weighted by molar-refractivity contribution is 8.03. The molecule has 2 aliphatic rings. The molecule has 0 saturated heterocycles. The van der Waals surface area contributed by atoms with E-state index in [1.54, 1.807) is 0 Å². The lowest BCUT2D eigenvalue weighted by molar-refractivity contribution is 0.301. The number of fused-ring (bicyclic) bond motifs is 2. The van der Waals surface area contributed by atoms with Crippen LogP contribution in [0, 0.1) is 34.6 Å². The summed E-state index contributed by atoms with van der Waals surface area (Å²) in [4.78, 5) is 15.6. The van der Waals surface area contributed by atoms with Crippen molar-refractivity contribution in [1.29, 1.82) is 0 Å². The SMILES string of the molecule is CCSCCSCCN(CCSCCSCC)Cc1ccc(-c2c3cc(C)c(=O)c(C)c-3oc3c(C)c(O)c(C)cc23)c(C)c1. The molecule has 0 unspecified atom stereocenters. The first-order valence-corrected chi connectivity index (χ1v) is 20.6. The molecule has 0 saturated carbocycles. The zero-order chi connectivity index (χ0) is 32.5. The first kappa shape index (κ1) is 36.1. The van der Waals surface area contributed by atoms with Crippen molar-refractivity contribution < 1.29 is 9.52 Å². The summed E-state index contributed by atoms with van der Waals surface area (Å²) in [6.45, 7) is 17.3. The zero-order valence-electron chi connectivity index (χ0n) is 28.0. The fourth-order valence-electron chi connectivity index (χ4n) is 5.82. The number of benzene rings is 3. The molecule has 2 aromatic carbocycles. The van der Waals surface area contributed by atoms with E-state index in [0.717, 1.165) is 58.8 Å². The van der Waals surface area contributed by atoms with Crippen molar-refractivity contribution in [3.63, 3.8) is 0 Å². The molecule has 4 rings (SSSR count). The minimum absolute atomic E-state index is 0.00209. The van der Waals surface area contributed by atoms with Crippen molar-refractivity contribution in [2.75, 3.05) is 59.1 Å². The summed E-state index contributed by atoms with van der Waals surface area (Å²) in [7, 11) is 0. The number of rotatable bonds is 17. The summed E-state index contributed by atoms with van der Waals surface area (Å²) < 4.78 is 6.42. The summed E-state index contributed by atoms with van der Waals surface area (Å²) in [5.74, 6) is 10.5. The van der Waals surface area contributed by atoms with E-state index in [1.165, 1.54) is 45.6 Å². The molecule has 1 aliphatic heterocycles. The third kappa shape index (κ3) is 9.01. The van der Waals surface area contributed by atoms with Gasteiger partial charge in [0.2, 0.25) is 0 Å². The number of hydrogen-bond donors (Lipinski definition) is 1. The number of phenols is 1. The van der Waals surface area contributed by atoms with Crippen LogP contribution in [-0.4, -0.2) is 69.1 Å². The van der Waals surface area contributed by atoms with Crippen LogP contribution in [0.1, 0.15) is 47.2 Å². The predicted molar refractivity (Wildman–Crippen MR) is 206 cm³/mol. The minimum atomic E-state index is 0.00209. The van der Waals surface area contributed by atoms with Gasteiger partial charge in [-0.1, -0.05) is 32.0 Å². The Morgan fingerprint density at radius 3 is 1.93 bits per heavy atom. The molecule has 0 radical (unpaired) electrons. The number of nitrogens with zero attached hydrogens (tertiary/aromatic N) is 1. The summed E-state index contributed by atoms with van der Waals surface area (Å²) in [6.07, 6.45) is 0. The quantitative estimate of drug-likeness (QED) is 0.0873. The molecule has 0 fully saturated rings. The zero-order valence-corrected chi connectivity index (χ0v) is 31.3. The van der Waals surface area contributed by atoms with Gasteiger partial charge in [-0.25, -0.2) is 0 Å². The minimum Gasteiger partial charge on any atom is -0.507 e. The second kappa shape index (κ2) is 17.4. The smallest absolute Gasteiger partial charge is 0.188 e. The number of thioether (sulfide) groups is 4. The fourth-order valence-corrected chi connectivity index (χ4v) is 9.47. The van der Waals surface area contributed by atoms with Crippen molar-refractivity contribution in [3.05, 3.63) is 73.9 Å². The molecule has 1 heterocycles. The maximum absolute atomic E-state index is 12.9. The molecule has 2 aromatic rings. The average Bonchev–Trinajstić information content (AvgIpc) is 3.02. The molecule has 45 heavy (non-hydrogen) atoms. The topological polar surface area (TPSA) is 53.7 Å². The Morgan fingerprint density at radius 1 is 0.711 bits per heavy atom. The lowest BCUT2D eigenvalue weighted by atomic mass is 9.87. The normalized spacial score (nSPS) is 11.8. The molecule has 0 spiro atoms. The van der Waals surface area contributed by atoms with Crippen LogP contribution >= 0.6 is 47.0 Å². The van der Waals surface area contributed by atoms with Crippen molar-refractivity contribution in [2.45, 2.75) is 55.0 Å². The molecular weight excluding hydrogens is 635 g/mol. The second-order valence-corrected chi connectivity index (χ2v) is 16.8. The fraction of sp³-hybridized carbons (Fsp3) is 0.486. The molecule has 1 N–H and O–H groups in total. The van der Waals surface area contributed by atoms with E-state index in [0.29, 0.717) is 28.0 Å². The lowest BCUT2D eigenvalue weighted by Crippen LogP contribution is -2.28. The standard InChI is InChI=1S/C37H49NO3S4/c1-8-42-16-18-44-14-12-38(13-15-45-19-17-43-9-2)23-29-10-11-30(24(3)20-29)33-31-21-25(4)34(39)27(6)36(31)41-37-28(7)35(40)26(5)22-32(33)37/h10-11,20-22,39H,8-9,12-19,23H2,1-7H3. The van der Waals surface area contributed by atoms with Crippen LogP contribution in [0.4, 0.5) is 0 Å². The van der Waals surface area contributed by atoms with E-state index in [1.807, 2.05) is 63.4 Å². The van der Waals surface area contributed by atoms with E-state index < -0.39 is 0 Å². The molecule has 0 amide bonds. The van der Waals surface area contributed by atoms with Crippen LogP contribution in [-0.2, 0) is 6.54 Å². The summed E-state index contributed by atoms with van der Waals surface area (Å²) in [5, 5.41) is 11.7.